The van der Waals surface area contributed by atoms with E-state index < -0.39 is 0 Å². The zero-order chi connectivity index (χ0) is 15.4. The minimum absolute atomic E-state index is 0.256. The van der Waals surface area contributed by atoms with Crippen LogP contribution in [0.1, 0.15) is 91.9 Å². The van der Waals surface area contributed by atoms with Crippen LogP contribution in [0.25, 0.3) is 0 Å². The summed E-state index contributed by atoms with van der Waals surface area (Å²) in [7, 11) is 0. The topological polar surface area (TPSA) is 26.3 Å². The number of hydrogen-bond acceptors (Lipinski definition) is 2. The zero-order valence-corrected chi connectivity index (χ0v) is 14.1. The molecule has 2 nitrogen and oxygen atoms in total. The van der Waals surface area contributed by atoms with Crippen LogP contribution in [0, 0.1) is 0 Å². The van der Waals surface area contributed by atoms with Gasteiger partial charge in [-0.25, -0.2) is 4.79 Å². The first kappa shape index (κ1) is 19.2. The van der Waals surface area contributed by atoms with E-state index in [0.717, 1.165) is 19.3 Å². The third kappa shape index (κ3) is 9.17. The Morgan fingerprint density at radius 1 is 1.00 bits per heavy atom. The zero-order valence-electron chi connectivity index (χ0n) is 14.1. The van der Waals surface area contributed by atoms with Gasteiger partial charge in [0.25, 0.3) is 0 Å². The Labute approximate surface area is 126 Å². The Morgan fingerprint density at radius 3 is 1.95 bits per heavy atom. The molecule has 0 fully saturated rings. The van der Waals surface area contributed by atoms with Crippen molar-refractivity contribution in [3.63, 3.8) is 0 Å². The second kappa shape index (κ2) is 10.9. The molecule has 0 aliphatic rings. The molecule has 2 heteroatoms. The van der Waals surface area contributed by atoms with Crippen LogP contribution in [-0.2, 0) is 9.53 Å². The third-order valence-electron chi connectivity index (χ3n) is 3.99. The first-order valence-corrected chi connectivity index (χ1v) is 8.34. The van der Waals surface area contributed by atoms with Crippen molar-refractivity contribution in [1.29, 1.82) is 0 Å². The Balaban J connectivity index is 3.78. The third-order valence-corrected chi connectivity index (χ3v) is 3.99. The molecule has 0 heterocycles. The van der Waals surface area contributed by atoms with Gasteiger partial charge in [-0.15, -0.1) is 0 Å². The molecule has 0 amide bonds. The Hall–Kier alpha value is -0.790. The highest BCUT2D eigenvalue weighted by atomic mass is 16.6. The number of ether oxygens (including phenoxy) is 1. The molecule has 20 heavy (non-hydrogen) atoms. The molecule has 0 aliphatic carbocycles. The monoisotopic (exact) mass is 282 g/mol. The average molecular weight is 282 g/mol. The van der Waals surface area contributed by atoms with Crippen molar-refractivity contribution in [2.24, 2.45) is 0 Å². The van der Waals surface area contributed by atoms with Gasteiger partial charge in [0, 0.05) is 5.57 Å². The fraction of sp³-hybridized carbons (Fsp3) is 0.833. The van der Waals surface area contributed by atoms with Gasteiger partial charge in [-0.05, 0) is 33.1 Å². The number of carbonyl (C=O) groups is 1. The smallest absolute Gasteiger partial charge is 0.333 e. The largest absolute Gasteiger partial charge is 0.456 e. The van der Waals surface area contributed by atoms with Crippen molar-refractivity contribution in [1.82, 2.24) is 0 Å². The van der Waals surface area contributed by atoms with Crippen molar-refractivity contribution in [3.05, 3.63) is 12.2 Å². The van der Waals surface area contributed by atoms with Crippen LogP contribution in [0.3, 0.4) is 0 Å². The maximum absolute atomic E-state index is 11.6. The molecule has 0 aromatic rings. The van der Waals surface area contributed by atoms with E-state index in [1.165, 1.54) is 44.9 Å². The van der Waals surface area contributed by atoms with Crippen LogP contribution in [0.15, 0.2) is 12.2 Å². The van der Waals surface area contributed by atoms with Crippen LogP contribution in [0.4, 0.5) is 0 Å². The van der Waals surface area contributed by atoms with Gasteiger partial charge >= 0.3 is 5.97 Å². The molecule has 0 spiro atoms. The SMILES string of the molecule is C=C(C)C(=O)OC(C)(CC)CCCCCCCCCC. The molecule has 0 aromatic carbocycles. The van der Waals surface area contributed by atoms with Crippen molar-refractivity contribution < 1.29 is 9.53 Å². The van der Waals surface area contributed by atoms with Gasteiger partial charge in [-0.2, -0.15) is 0 Å². The van der Waals surface area contributed by atoms with E-state index in [0.29, 0.717) is 5.57 Å². The van der Waals surface area contributed by atoms with Crippen LogP contribution < -0.4 is 0 Å². The van der Waals surface area contributed by atoms with Crippen molar-refractivity contribution in [3.8, 4) is 0 Å². The van der Waals surface area contributed by atoms with E-state index in [1.807, 2.05) is 6.92 Å². The van der Waals surface area contributed by atoms with E-state index in [1.54, 1.807) is 6.92 Å². The van der Waals surface area contributed by atoms with Crippen LogP contribution >= 0.6 is 0 Å². The molecule has 0 N–H and O–H groups in total. The molecule has 0 radical (unpaired) electrons. The predicted octanol–water partition coefficient (Wildman–Crippen LogP) is 5.81. The lowest BCUT2D eigenvalue weighted by atomic mass is 9.94. The Bertz CT molecular complexity index is 283. The number of hydrogen-bond donors (Lipinski definition) is 0. The van der Waals surface area contributed by atoms with Gasteiger partial charge in [0.1, 0.15) is 5.60 Å². The molecule has 0 aromatic heterocycles. The maximum atomic E-state index is 11.6. The second-order valence-corrected chi connectivity index (χ2v) is 6.20. The number of esters is 1. The summed E-state index contributed by atoms with van der Waals surface area (Å²) in [6.07, 6.45) is 12.3. The standard InChI is InChI=1S/C18H34O2/c1-6-8-9-10-11-12-13-14-15-18(5,7-2)20-17(19)16(3)4/h3,6-15H2,1-2,4-5H3. The van der Waals surface area contributed by atoms with E-state index in [4.69, 9.17) is 4.74 Å². The molecule has 0 aliphatic heterocycles. The summed E-state index contributed by atoms with van der Waals surface area (Å²) >= 11 is 0. The summed E-state index contributed by atoms with van der Waals surface area (Å²) in [4.78, 5) is 11.6. The molecule has 1 unspecified atom stereocenters. The average Bonchev–Trinajstić information content (AvgIpc) is 2.41. The Kier molecular flexibility index (Phi) is 10.5. The van der Waals surface area contributed by atoms with Gasteiger partial charge in [0.2, 0.25) is 0 Å². The molecular weight excluding hydrogens is 248 g/mol. The minimum Gasteiger partial charge on any atom is -0.456 e. The van der Waals surface area contributed by atoms with E-state index in [-0.39, 0.29) is 11.6 Å². The molecule has 0 saturated carbocycles. The molecule has 118 valence electrons. The fourth-order valence-electron chi connectivity index (χ4n) is 2.24. The lowest BCUT2D eigenvalue weighted by Crippen LogP contribution is -2.31. The molecule has 0 saturated heterocycles. The van der Waals surface area contributed by atoms with E-state index >= 15 is 0 Å². The second-order valence-electron chi connectivity index (χ2n) is 6.20. The van der Waals surface area contributed by atoms with E-state index in [9.17, 15) is 4.79 Å². The van der Waals surface area contributed by atoms with Crippen LogP contribution in [0.2, 0.25) is 0 Å². The minimum atomic E-state index is -0.321. The Morgan fingerprint density at radius 2 is 1.50 bits per heavy atom. The number of rotatable bonds is 12. The predicted molar refractivity (Wildman–Crippen MR) is 86.8 cm³/mol. The van der Waals surface area contributed by atoms with E-state index in [2.05, 4.69) is 20.4 Å². The fourth-order valence-corrected chi connectivity index (χ4v) is 2.24. The summed E-state index contributed by atoms with van der Waals surface area (Å²) in [6, 6.07) is 0. The number of unbranched alkanes of at least 4 members (excludes halogenated alkanes) is 7. The summed E-state index contributed by atoms with van der Waals surface area (Å²) in [5.74, 6) is -0.256. The lowest BCUT2D eigenvalue weighted by molar-refractivity contribution is -0.154. The maximum Gasteiger partial charge on any atom is 0.333 e. The molecular formula is C18H34O2. The van der Waals surface area contributed by atoms with Gasteiger partial charge < -0.3 is 4.74 Å². The van der Waals surface area contributed by atoms with Crippen LogP contribution in [-0.4, -0.2) is 11.6 Å². The molecule has 0 rings (SSSR count). The summed E-state index contributed by atoms with van der Waals surface area (Å²) in [5.41, 5.74) is 0.165. The van der Waals surface area contributed by atoms with Crippen molar-refractivity contribution >= 4 is 5.97 Å². The summed E-state index contributed by atoms with van der Waals surface area (Å²) in [6.45, 7) is 11.7. The quantitative estimate of drug-likeness (QED) is 0.257. The van der Waals surface area contributed by atoms with Gasteiger partial charge in [-0.1, -0.05) is 65.4 Å². The van der Waals surface area contributed by atoms with Crippen LogP contribution in [0.5, 0.6) is 0 Å². The first-order valence-electron chi connectivity index (χ1n) is 8.34. The molecule has 1 atom stereocenters. The lowest BCUT2D eigenvalue weighted by Gasteiger charge is -2.28. The van der Waals surface area contributed by atoms with Gasteiger partial charge in [-0.3, -0.25) is 0 Å². The van der Waals surface area contributed by atoms with Gasteiger partial charge in [0.05, 0.1) is 0 Å². The first-order chi connectivity index (χ1) is 9.45. The highest BCUT2D eigenvalue weighted by molar-refractivity contribution is 5.87. The number of carbonyl (C=O) groups excluding carboxylic acids is 1. The summed E-state index contributed by atoms with van der Waals surface area (Å²) < 4.78 is 5.57. The highest BCUT2D eigenvalue weighted by Gasteiger charge is 2.26. The highest BCUT2D eigenvalue weighted by Crippen LogP contribution is 2.24. The summed E-state index contributed by atoms with van der Waals surface area (Å²) in [5, 5.41) is 0. The van der Waals surface area contributed by atoms with Crippen molar-refractivity contribution in [2.75, 3.05) is 0 Å². The van der Waals surface area contributed by atoms with Crippen molar-refractivity contribution in [2.45, 2.75) is 97.5 Å². The molecule has 0 bridgehead atoms. The van der Waals surface area contributed by atoms with Gasteiger partial charge in [0.15, 0.2) is 0 Å². The normalized spacial score (nSPS) is 13.8.